The first-order valence-corrected chi connectivity index (χ1v) is 4.16. The summed E-state index contributed by atoms with van der Waals surface area (Å²) in [6.07, 6.45) is 3.89. The molecule has 1 N–H and O–H groups in total. The van der Waals surface area contributed by atoms with E-state index in [0.29, 0.717) is 12.4 Å². The number of nitrogens with zero attached hydrogens (tertiary/aromatic N) is 1. The first-order valence-electron chi connectivity index (χ1n) is 4.16. The van der Waals surface area contributed by atoms with Gasteiger partial charge >= 0.3 is 0 Å². The van der Waals surface area contributed by atoms with Crippen LogP contribution in [0.3, 0.4) is 0 Å². The standard InChI is InChI=1S/C8H16N2O/c1-11-8(9)7-10-5-3-2-4-6-10/h9H,2-7H2,1H3. The molecule has 11 heavy (non-hydrogen) atoms. The van der Waals surface area contributed by atoms with Crippen molar-refractivity contribution in [3.8, 4) is 0 Å². The van der Waals surface area contributed by atoms with Gasteiger partial charge in [-0.1, -0.05) is 6.42 Å². The smallest absolute Gasteiger partial charge is 0.194 e. The highest BCUT2D eigenvalue weighted by Crippen LogP contribution is 2.07. The van der Waals surface area contributed by atoms with Gasteiger partial charge in [0.25, 0.3) is 0 Å². The Morgan fingerprint density at radius 2 is 2.00 bits per heavy atom. The van der Waals surface area contributed by atoms with E-state index in [1.54, 1.807) is 7.11 Å². The van der Waals surface area contributed by atoms with E-state index in [1.807, 2.05) is 0 Å². The Morgan fingerprint density at radius 1 is 1.36 bits per heavy atom. The second-order valence-electron chi connectivity index (χ2n) is 2.96. The van der Waals surface area contributed by atoms with Gasteiger partial charge in [0.05, 0.1) is 13.7 Å². The SMILES string of the molecule is COC(=N)CN1CCCCC1. The second kappa shape index (κ2) is 4.34. The lowest BCUT2D eigenvalue weighted by Crippen LogP contribution is -2.34. The van der Waals surface area contributed by atoms with Crippen LogP contribution in [0.4, 0.5) is 0 Å². The Hall–Kier alpha value is -0.570. The molecular weight excluding hydrogens is 140 g/mol. The summed E-state index contributed by atoms with van der Waals surface area (Å²) in [6, 6.07) is 0. The highest BCUT2D eigenvalue weighted by molar-refractivity contribution is 5.74. The maximum Gasteiger partial charge on any atom is 0.194 e. The fourth-order valence-corrected chi connectivity index (χ4v) is 1.39. The average molecular weight is 156 g/mol. The number of methoxy groups -OCH3 is 1. The van der Waals surface area contributed by atoms with Crippen LogP contribution in [0.1, 0.15) is 19.3 Å². The third-order valence-electron chi connectivity index (χ3n) is 2.06. The van der Waals surface area contributed by atoms with E-state index >= 15 is 0 Å². The van der Waals surface area contributed by atoms with Crippen molar-refractivity contribution in [1.29, 1.82) is 5.41 Å². The first kappa shape index (κ1) is 8.53. The van der Waals surface area contributed by atoms with E-state index in [4.69, 9.17) is 10.1 Å². The molecule has 1 fully saturated rings. The number of hydrogen-bond acceptors (Lipinski definition) is 3. The van der Waals surface area contributed by atoms with Gasteiger partial charge in [-0.2, -0.15) is 0 Å². The third kappa shape index (κ3) is 2.89. The molecule has 1 saturated heterocycles. The maximum absolute atomic E-state index is 7.31. The van der Waals surface area contributed by atoms with Gasteiger partial charge in [0.2, 0.25) is 0 Å². The van der Waals surface area contributed by atoms with Gasteiger partial charge < -0.3 is 4.74 Å². The van der Waals surface area contributed by atoms with Gasteiger partial charge in [-0.25, -0.2) is 0 Å². The molecule has 0 atom stereocenters. The summed E-state index contributed by atoms with van der Waals surface area (Å²) in [5, 5.41) is 7.31. The molecule has 3 heteroatoms. The number of ether oxygens (including phenoxy) is 1. The molecule has 0 aromatic rings. The molecule has 0 aromatic carbocycles. The van der Waals surface area contributed by atoms with Crippen LogP contribution >= 0.6 is 0 Å². The zero-order chi connectivity index (χ0) is 8.10. The van der Waals surface area contributed by atoms with Crippen molar-refractivity contribution in [3.05, 3.63) is 0 Å². The predicted octanol–water partition coefficient (Wildman–Crippen LogP) is 1.10. The van der Waals surface area contributed by atoms with Crippen LogP contribution in [0.2, 0.25) is 0 Å². The number of likely N-dealkylation sites (tertiary alicyclic amines) is 1. The van der Waals surface area contributed by atoms with E-state index in [2.05, 4.69) is 4.90 Å². The molecular formula is C8H16N2O. The van der Waals surface area contributed by atoms with Crippen molar-refractivity contribution >= 4 is 5.90 Å². The molecule has 0 saturated carbocycles. The van der Waals surface area contributed by atoms with Crippen LogP contribution in [0, 0.1) is 5.41 Å². The monoisotopic (exact) mass is 156 g/mol. The van der Waals surface area contributed by atoms with Crippen LogP contribution in [-0.4, -0.2) is 37.5 Å². The molecule has 0 unspecified atom stereocenters. The number of hydrogen-bond donors (Lipinski definition) is 1. The molecule has 1 aliphatic rings. The normalized spacial score (nSPS) is 19.7. The van der Waals surface area contributed by atoms with E-state index in [-0.39, 0.29) is 0 Å². The predicted molar refractivity (Wildman–Crippen MR) is 45.0 cm³/mol. The molecule has 1 heterocycles. The van der Waals surface area contributed by atoms with Crippen molar-refractivity contribution in [1.82, 2.24) is 4.90 Å². The minimum Gasteiger partial charge on any atom is -0.484 e. The Labute approximate surface area is 67.8 Å². The van der Waals surface area contributed by atoms with Gasteiger partial charge in [-0.3, -0.25) is 10.3 Å². The number of nitrogens with one attached hydrogen (secondary N) is 1. The summed E-state index contributed by atoms with van der Waals surface area (Å²) < 4.78 is 4.79. The van der Waals surface area contributed by atoms with Crippen LogP contribution in [0.25, 0.3) is 0 Å². The molecule has 0 spiro atoms. The van der Waals surface area contributed by atoms with Gasteiger partial charge in [0, 0.05) is 0 Å². The van der Waals surface area contributed by atoms with Crippen molar-refractivity contribution in [2.45, 2.75) is 19.3 Å². The first-order chi connectivity index (χ1) is 5.33. The topological polar surface area (TPSA) is 36.3 Å². The fraction of sp³-hybridized carbons (Fsp3) is 0.875. The Balaban J connectivity index is 2.19. The van der Waals surface area contributed by atoms with Gasteiger partial charge in [-0.05, 0) is 25.9 Å². The molecule has 0 aromatic heterocycles. The van der Waals surface area contributed by atoms with Crippen molar-refractivity contribution in [3.63, 3.8) is 0 Å². The van der Waals surface area contributed by atoms with E-state index in [0.717, 1.165) is 13.1 Å². The molecule has 0 aliphatic carbocycles. The molecule has 0 amide bonds. The zero-order valence-corrected chi connectivity index (χ0v) is 7.10. The molecule has 0 bridgehead atoms. The van der Waals surface area contributed by atoms with Gasteiger partial charge in [0.15, 0.2) is 5.90 Å². The van der Waals surface area contributed by atoms with Gasteiger partial charge in [0.1, 0.15) is 0 Å². The quantitative estimate of drug-likeness (QED) is 0.480. The summed E-state index contributed by atoms with van der Waals surface area (Å²) in [4.78, 5) is 2.27. The second-order valence-corrected chi connectivity index (χ2v) is 2.96. The van der Waals surface area contributed by atoms with Crippen molar-refractivity contribution in [2.75, 3.05) is 26.7 Å². The molecule has 1 aliphatic heterocycles. The Bertz CT molecular complexity index is 130. The molecule has 3 nitrogen and oxygen atoms in total. The molecule has 1 rings (SSSR count). The summed E-state index contributed by atoms with van der Waals surface area (Å²) >= 11 is 0. The summed E-state index contributed by atoms with van der Waals surface area (Å²) in [5.41, 5.74) is 0. The Morgan fingerprint density at radius 3 is 2.55 bits per heavy atom. The number of piperidine rings is 1. The zero-order valence-electron chi connectivity index (χ0n) is 7.10. The summed E-state index contributed by atoms with van der Waals surface area (Å²) in [5.74, 6) is 0.381. The fourth-order valence-electron chi connectivity index (χ4n) is 1.39. The minimum absolute atomic E-state index is 0.381. The molecule has 0 radical (unpaired) electrons. The van der Waals surface area contributed by atoms with Crippen molar-refractivity contribution in [2.24, 2.45) is 0 Å². The van der Waals surface area contributed by atoms with Crippen LogP contribution in [-0.2, 0) is 4.74 Å². The third-order valence-corrected chi connectivity index (χ3v) is 2.06. The lowest BCUT2D eigenvalue weighted by Gasteiger charge is -2.25. The van der Waals surface area contributed by atoms with Crippen molar-refractivity contribution < 1.29 is 4.74 Å². The highest BCUT2D eigenvalue weighted by atomic mass is 16.5. The maximum atomic E-state index is 7.31. The van der Waals surface area contributed by atoms with E-state index < -0.39 is 0 Å². The highest BCUT2D eigenvalue weighted by Gasteiger charge is 2.11. The van der Waals surface area contributed by atoms with E-state index in [9.17, 15) is 0 Å². The van der Waals surface area contributed by atoms with E-state index in [1.165, 1.54) is 19.3 Å². The molecule has 64 valence electrons. The summed E-state index contributed by atoms with van der Waals surface area (Å²) in [7, 11) is 1.56. The largest absolute Gasteiger partial charge is 0.484 e. The van der Waals surface area contributed by atoms with Crippen LogP contribution in [0.15, 0.2) is 0 Å². The Kier molecular flexibility index (Phi) is 3.36. The van der Waals surface area contributed by atoms with Crippen LogP contribution < -0.4 is 0 Å². The van der Waals surface area contributed by atoms with Crippen LogP contribution in [0.5, 0.6) is 0 Å². The number of rotatable bonds is 2. The lowest BCUT2D eigenvalue weighted by molar-refractivity contribution is 0.239. The lowest BCUT2D eigenvalue weighted by atomic mass is 10.1. The summed E-state index contributed by atoms with van der Waals surface area (Å²) in [6.45, 7) is 2.95. The average Bonchev–Trinajstić information content (AvgIpc) is 2.06. The van der Waals surface area contributed by atoms with Gasteiger partial charge in [-0.15, -0.1) is 0 Å². The minimum atomic E-state index is 0.381.